The van der Waals surface area contributed by atoms with Crippen LogP contribution >= 0.6 is 0 Å². The Kier molecular flexibility index (Phi) is 4.95. The van der Waals surface area contributed by atoms with Gasteiger partial charge in [0.2, 0.25) is 0 Å². The number of hydrogen-bond acceptors (Lipinski definition) is 5. The third-order valence-corrected chi connectivity index (χ3v) is 3.69. The lowest BCUT2D eigenvalue weighted by molar-refractivity contribution is 0.103. The van der Waals surface area contributed by atoms with Crippen molar-refractivity contribution in [3.63, 3.8) is 0 Å². The predicted octanol–water partition coefficient (Wildman–Crippen LogP) is 4.04. The first kappa shape index (κ1) is 16.5. The number of pyridine rings is 1. The smallest absolute Gasteiger partial charge is 0.195 e. The molecule has 1 heterocycles. The van der Waals surface area contributed by atoms with Crippen LogP contribution in [0.4, 0.5) is 17.2 Å². The van der Waals surface area contributed by atoms with Crippen LogP contribution in [0.15, 0.2) is 66.9 Å². The molecule has 0 saturated carbocycles. The van der Waals surface area contributed by atoms with Gasteiger partial charge in [0.05, 0.1) is 18.0 Å². The van der Waals surface area contributed by atoms with Gasteiger partial charge in [-0.15, -0.1) is 0 Å². The Morgan fingerprint density at radius 3 is 2.56 bits per heavy atom. The summed E-state index contributed by atoms with van der Waals surface area (Å²) in [4.78, 5) is 17.1. The number of aromatic nitrogens is 1. The van der Waals surface area contributed by atoms with Gasteiger partial charge >= 0.3 is 0 Å². The van der Waals surface area contributed by atoms with Gasteiger partial charge in [-0.3, -0.25) is 4.79 Å². The number of ketones is 1. The molecule has 2 aromatic carbocycles. The number of hydrogen-bond donors (Lipinski definition) is 2. The van der Waals surface area contributed by atoms with E-state index < -0.39 is 0 Å². The van der Waals surface area contributed by atoms with Crippen molar-refractivity contribution >= 4 is 23.0 Å². The summed E-state index contributed by atoms with van der Waals surface area (Å²) in [5, 5.41) is 3.14. The Bertz CT molecular complexity index is 876. The van der Waals surface area contributed by atoms with Crippen LogP contribution in [-0.4, -0.2) is 17.4 Å². The van der Waals surface area contributed by atoms with Gasteiger partial charge in [0.15, 0.2) is 11.6 Å². The van der Waals surface area contributed by atoms with E-state index in [1.807, 2.05) is 25.1 Å². The van der Waals surface area contributed by atoms with Gasteiger partial charge < -0.3 is 15.8 Å². The number of nitrogens with one attached hydrogen (secondary N) is 1. The fourth-order valence-electron chi connectivity index (χ4n) is 2.46. The van der Waals surface area contributed by atoms with E-state index in [2.05, 4.69) is 10.3 Å². The highest BCUT2D eigenvalue weighted by Crippen LogP contribution is 2.25. The monoisotopic (exact) mass is 333 g/mol. The molecule has 0 aliphatic rings. The average Bonchev–Trinajstić information content (AvgIpc) is 2.64. The molecule has 5 heteroatoms. The molecule has 0 aliphatic heterocycles. The maximum absolute atomic E-state index is 12.9. The fraction of sp³-hybridized carbons (Fsp3) is 0.100. The Morgan fingerprint density at radius 1 is 1.08 bits per heavy atom. The quantitative estimate of drug-likeness (QED) is 0.666. The number of nitrogen functional groups attached to an aromatic ring is 1. The minimum absolute atomic E-state index is 0.0827. The Hall–Kier alpha value is -3.34. The van der Waals surface area contributed by atoms with Crippen molar-refractivity contribution in [3.8, 4) is 5.75 Å². The molecule has 0 aliphatic carbocycles. The Morgan fingerprint density at radius 2 is 1.84 bits per heavy atom. The second-order valence-corrected chi connectivity index (χ2v) is 5.40. The number of rotatable bonds is 6. The SMILES string of the molecule is CCOc1ccc(C(=O)c2ccccc2Nc2ncccc2N)cc1. The van der Waals surface area contributed by atoms with Gasteiger partial charge in [0, 0.05) is 17.3 Å². The van der Waals surface area contributed by atoms with Gasteiger partial charge in [0.25, 0.3) is 0 Å². The zero-order valence-electron chi connectivity index (χ0n) is 13.9. The molecule has 0 radical (unpaired) electrons. The van der Waals surface area contributed by atoms with Gasteiger partial charge in [-0.05, 0) is 55.5 Å². The second kappa shape index (κ2) is 7.49. The fourth-order valence-corrected chi connectivity index (χ4v) is 2.46. The van der Waals surface area contributed by atoms with Crippen molar-refractivity contribution in [3.05, 3.63) is 78.0 Å². The van der Waals surface area contributed by atoms with E-state index >= 15 is 0 Å². The number of nitrogens with two attached hydrogens (primary N) is 1. The third-order valence-electron chi connectivity index (χ3n) is 3.69. The highest BCUT2D eigenvalue weighted by molar-refractivity contribution is 6.12. The summed E-state index contributed by atoms with van der Waals surface area (Å²) in [7, 11) is 0. The first-order valence-electron chi connectivity index (χ1n) is 8.03. The normalized spacial score (nSPS) is 10.3. The number of ether oxygens (including phenoxy) is 1. The number of carbonyl (C=O) groups excluding carboxylic acids is 1. The molecular weight excluding hydrogens is 314 g/mol. The molecule has 0 saturated heterocycles. The van der Waals surface area contributed by atoms with Crippen LogP contribution in [0.3, 0.4) is 0 Å². The molecule has 5 nitrogen and oxygen atoms in total. The van der Waals surface area contributed by atoms with Gasteiger partial charge in [-0.25, -0.2) is 4.98 Å². The standard InChI is InChI=1S/C20H19N3O2/c1-2-25-15-11-9-14(10-12-15)19(24)16-6-3-4-8-18(16)23-20-17(21)7-5-13-22-20/h3-13H,2,21H2,1H3,(H,22,23). The van der Waals surface area contributed by atoms with Crippen molar-refractivity contribution < 1.29 is 9.53 Å². The third kappa shape index (κ3) is 3.77. The van der Waals surface area contributed by atoms with E-state index in [4.69, 9.17) is 10.5 Å². The summed E-state index contributed by atoms with van der Waals surface area (Å²) in [6.07, 6.45) is 1.65. The molecule has 0 bridgehead atoms. The minimum atomic E-state index is -0.0827. The summed E-state index contributed by atoms with van der Waals surface area (Å²) in [5.41, 5.74) is 8.25. The highest BCUT2D eigenvalue weighted by Gasteiger charge is 2.14. The van der Waals surface area contributed by atoms with Crippen molar-refractivity contribution in [2.75, 3.05) is 17.7 Å². The van der Waals surface area contributed by atoms with E-state index in [0.717, 1.165) is 5.75 Å². The summed E-state index contributed by atoms with van der Waals surface area (Å²) in [6.45, 7) is 2.51. The highest BCUT2D eigenvalue weighted by atomic mass is 16.5. The molecule has 25 heavy (non-hydrogen) atoms. The summed E-state index contributed by atoms with van der Waals surface area (Å²) in [5.74, 6) is 1.18. The summed E-state index contributed by atoms with van der Waals surface area (Å²) < 4.78 is 5.42. The molecule has 1 aromatic heterocycles. The van der Waals surface area contributed by atoms with Crippen LogP contribution in [0.5, 0.6) is 5.75 Å². The van der Waals surface area contributed by atoms with Gasteiger partial charge in [-0.1, -0.05) is 12.1 Å². The topological polar surface area (TPSA) is 77.2 Å². The van der Waals surface area contributed by atoms with Crippen molar-refractivity contribution in [2.45, 2.75) is 6.92 Å². The van der Waals surface area contributed by atoms with Crippen LogP contribution in [-0.2, 0) is 0 Å². The zero-order valence-corrected chi connectivity index (χ0v) is 13.9. The largest absolute Gasteiger partial charge is 0.494 e. The van der Waals surface area contributed by atoms with Crippen LogP contribution in [0, 0.1) is 0 Å². The first-order chi connectivity index (χ1) is 12.2. The van der Waals surface area contributed by atoms with Crippen LogP contribution < -0.4 is 15.8 Å². The average molecular weight is 333 g/mol. The molecule has 126 valence electrons. The summed E-state index contributed by atoms with van der Waals surface area (Å²) >= 11 is 0. The Labute approximate surface area is 146 Å². The summed E-state index contributed by atoms with van der Waals surface area (Å²) in [6, 6.07) is 17.9. The second-order valence-electron chi connectivity index (χ2n) is 5.40. The molecule has 0 spiro atoms. The van der Waals surface area contributed by atoms with Crippen molar-refractivity contribution in [2.24, 2.45) is 0 Å². The van der Waals surface area contributed by atoms with Crippen molar-refractivity contribution in [1.82, 2.24) is 4.98 Å². The maximum Gasteiger partial charge on any atom is 0.195 e. The molecule has 3 aromatic rings. The van der Waals surface area contributed by atoms with E-state index in [-0.39, 0.29) is 5.78 Å². The van der Waals surface area contributed by atoms with Gasteiger partial charge in [0.1, 0.15) is 5.75 Å². The lowest BCUT2D eigenvalue weighted by atomic mass is 10.0. The molecule has 0 amide bonds. The molecule has 0 atom stereocenters. The molecule has 0 fully saturated rings. The van der Waals surface area contributed by atoms with Crippen LogP contribution in [0.25, 0.3) is 0 Å². The Balaban J connectivity index is 1.89. The molecule has 3 rings (SSSR count). The van der Waals surface area contributed by atoms with Crippen LogP contribution in [0.2, 0.25) is 0 Å². The number of nitrogens with zero attached hydrogens (tertiary/aromatic N) is 1. The number of anilines is 3. The zero-order chi connectivity index (χ0) is 17.6. The van der Waals surface area contributed by atoms with Gasteiger partial charge in [-0.2, -0.15) is 0 Å². The minimum Gasteiger partial charge on any atom is -0.494 e. The molecule has 3 N–H and O–H groups in total. The molecule has 0 unspecified atom stereocenters. The number of benzene rings is 2. The molecular formula is C20H19N3O2. The maximum atomic E-state index is 12.9. The predicted molar refractivity (Wildman–Crippen MR) is 99.4 cm³/mol. The first-order valence-corrected chi connectivity index (χ1v) is 8.03. The van der Waals surface area contributed by atoms with Crippen molar-refractivity contribution in [1.29, 1.82) is 0 Å². The van der Waals surface area contributed by atoms with Crippen LogP contribution in [0.1, 0.15) is 22.8 Å². The number of carbonyl (C=O) groups is 1. The van der Waals surface area contributed by atoms with E-state index in [9.17, 15) is 4.79 Å². The lowest BCUT2D eigenvalue weighted by Gasteiger charge is -2.12. The van der Waals surface area contributed by atoms with E-state index in [1.54, 1.807) is 48.7 Å². The van der Waals surface area contributed by atoms with E-state index in [1.165, 1.54) is 0 Å². The number of para-hydroxylation sites is 1. The lowest BCUT2D eigenvalue weighted by Crippen LogP contribution is -2.07. The van der Waals surface area contributed by atoms with E-state index in [0.29, 0.717) is 34.9 Å².